The minimum absolute atomic E-state index is 0.227. The number of nitrogens with zero attached hydrogens (tertiary/aromatic N) is 1. The Morgan fingerprint density at radius 2 is 2.00 bits per heavy atom. The maximum atomic E-state index is 11.0. The summed E-state index contributed by atoms with van der Waals surface area (Å²) in [5, 5.41) is 0. The Bertz CT molecular complexity index is 410. The molecule has 2 heteroatoms. The van der Waals surface area contributed by atoms with Crippen LogP contribution in [0.2, 0.25) is 0 Å². The van der Waals surface area contributed by atoms with Crippen LogP contribution in [0.1, 0.15) is 43.4 Å². The highest BCUT2D eigenvalue weighted by Crippen LogP contribution is 2.19. The summed E-state index contributed by atoms with van der Waals surface area (Å²) < 4.78 is 0. The van der Waals surface area contributed by atoms with Crippen molar-refractivity contribution in [1.82, 2.24) is 4.90 Å². The van der Waals surface area contributed by atoms with Crippen molar-refractivity contribution in [2.75, 3.05) is 20.1 Å². The molecule has 0 fully saturated rings. The fraction of sp³-hybridized carbons (Fsp3) is 0.562. The lowest BCUT2D eigenvalue weighted by Crippen LogP contribution is -2.26. The van der Waals surface area contributed by atoms with Gasteiger partial charge in [-0.3, -0.25) is 9.69 Å². The van der Waals surface area contributed by atoms with E-state index in [0.717, 1.165) is 13.0 Å². The molecule has 0 atom stereocenters. The molecule has 0 aliphatic heterocycles. The molecule has 0 radical (unpaired) electrons. The number of ketones is 1. The van der Waals surface area contributed by atoms with Gasteiger partial charge in [-0.05, 0) is 49.9 Å². The van der Waals surface area contributed by atoms with Crippen LogP contribution in [0.3, 0.4) is 0 Å². The van der Waals surface area contributed by atoms with Gasteiger partial charge in [0.2, 0.25) is 0 Å². The van der Waals surface area contributed by atoms with Crippen molar-refractivity contribution < 1.29 is 4.79 Å². The molecule has 0 saturated carbocycles. The first-order chi connectivity index (χ1) is 8.40. The Morgan fingerprint density at radius 1 is 1.33 bits per heavy atom. The summed E-state index contributed by atoms with van der Waals surface area (Å²) in [6, 6.07) is 6.72. The van der Waals surface area contributed by atoms with Crippen LogP contribution in [-0.2, 0) is 11.2 Å². The second kappa shape index (κ2) is 6.69. The van der Waals surface area contributed by atoms with Gasteiger partial charge in [0.15, 0.2) is 0 Å². The van der Waals surface area contributed by atoms with Gasteiger partial charge < -0.3 is 0 Å². The van der Waals surface area contributed by atoms with Crippen LogP contribution in [0.4, 0.5) is 0 Å². The van der Waals surface area contributed by atoms with E-state index in [-0.39, 0.29) is 5.78 Å². The van der Waals surface area contributed by atoms with Crippen LogP contribution in [0.25, 0.3) is 0 Å². The summed E-state index contributed by atoms with van der Waals surface area (Å²) in [6.07, 6.45) is 1.01. The van der Waals surface area contributed by atoms with Gasteiger partial charge in [0.25, 0.3) is 0 Å². The second-order valence-corrected chi connectivity index (χ2v) is 5.53. The van der Waals surface area contributed by atoms with E-state index in [2.05, 4.69) is 43.9 Å². The molecule has 0 heterocycles. The van der Waals surface area contributed by atoms with Crippen molar-refractivity contribution in [2.45, 2.75) is 40.0 Å². The van der Waals surface area contributed by atoms with Crippen LogP contribution in [0.15, 0.2) is 18.2 Å². The smallest absolute Gasteiger partial charge is 0.143 e. The molecule has 0 unspecified atom stereocenters. The average molecular weight is 247 g/mol. The van der Waals surface area contributed by atoms with Gasteiger partial charge in [-0.2, -0.15) is 0 Å². The van der Waals surface area contributed by atoms with E-state index in [1.165, 1.54) is 16.7 Å². The predicted molar refractivity (Wildman–Crippen MR) is 77.2 cm³/mol. The molecule has 0 amide bonds. The molecule has 1 aromatic rings. The van der Waals surface area contributed by atoms with Gasteiger partial charge in [-0.1, -0.05) is 32.0 Å². The van der Waals surface area contributed by atoms with Crippen LogP contribution in [0, 0.1) is 6.92 Å². The third kappa shape index (κ3) is 4.61. The van der Waals surface area contributed by atoms with Gasteiger partial charge in [0.1, 0.15) is 5.78 Å². The Labute approximate surface area is 111 Å². The number of carbonyl (C=O) groups excluding carboxylic acids is 1. The molecule has 0 aliphatic carbocycles. The van der Waals surface area contributed by atoms with Gasteiger partial charge in [-0.15, -0.1) is 0 Å². The fourth-order valence-electron chi connectivity index (χ4n) is 2.09. The van der Waals surface area contributed by atoms with Crippen molar-refractivity contribution in [2.24, 2.45) is 0 Å². The number of aryl methyl sites for hydroxylation is 1. The largest absolute Gasteiger partial charge is 0.299 e. The molecular formula is C16H25NO. The Kier molecular flexibility index (Phi) is 5.54. The first kappa shape index (κ1) is 14.9. The number of hydrogen-bond acceptors (Lipinski definition) is 2. The third-order valence-corrected chi connectivity index (χ3v) is 3.30. The molecular weight excluding hydrogens is 222 g/mol. The van der Waals surface area contributed by atoms with Crippen molar-refractivity contribution >= 4 is 5.78 Å². The molecule has 0 aromatic heterocycles. The monoisotopic (exact) mass is 247 g/mol. The summed E-state index contributed by atoms with van der Waals surface area (Å²) in [5.74, 6) is 0.796. The minimum Gasteiger partial charge on any atom is -0.299 e. The number of likely N-dealkylation sites (N-methyl/N-ethyl adjacent to an activating group) is 1. The fourth-order valence-corrected chi connectivity index (χ4v) is 2.09. The number of benzene rings is 1. The summed E-state index contributed by atoms with van der Waals surface area (Å²) >= 11 is 0. The van der Waals surface area contributed by atoms with E-state index in [0.29, 0.717) is 12.5 Å². The minimum atomic E-state index is 0.227. The molecule has 0 aliphatic rings. The summed E-state index contributed by atoms with van der Waals surface area (Å²) in [4.78, 5) is 13.1. The Morgan fingerprint density at radius 3 is 2.56 bits per heavy atom. The highest BCUT2D eigenvalue weighted by atomic mass is 16.1. The zero-order chi connectivity index (χ0) is 13.7. The first-order valence-corrected chi connectivity index (χ1v) is 6.67. The first-order valence-electron chi connectivity index (χ1n) is 6.67. The number of hydrogen-bond donors (Lipinski definition) is 0. The lowest BCUT2D eigenvalue weighted by Gasteiger charge is -2.16. The zero-order valence-corrected chi connectivity index (χ0v) is 12.3. The molecule has 2 nitrogen and oxygen atoms in total. The van der Waals surface area contributed by atoms with Crippen molar-refractivity contribution in [3.8, 4) is 0 Å². The summed E-state index contributed by atoms with van der Waals surface area (Å²) in [5.41, 5.74) is 4.14. The highest BCUT2D eigenvalue weighted by Gasteiger charge is 2.06. The lowest BCUT2D eigenvalue weighted by atomic mass is 9.96. The normalized spacial score (nSPS) is 11.3. The zero-order valence-electron chi connectivity index (χ0n) is 12.3. The van der Waals surface area contributed by atoms with Crippen LogP contribution < -0.4 is 0 Å². The van der Waals surface area contributed by atoms with E-state index in [1.54, 1.807) is 6.92 Å². The van der Waals surface area contributed by atoms with Crippen molar-refractivity contribution in [1.29, 1.82) is 0 Å². The van der Waals surface area contributed by atoms with Gasteiger partial charge in [0, 0.05) is 6.54 Å². The number of Topliss-reactive ketones (excluding diaryl/α,β-unsaturated/α-hetero) is 1. The van der Waals surface area contributed by atoms with Gasteiger partial charge in [-0.25, -0.2) is 0 Å². The van der Waals surface area contributed by atoms with Crippen LogP contribution in [0.5, 0.6) is 0 Å². The van der Waals surface area contributed by atoms with E-state index >= 15 is 0 Å². The summed E-state index contributed by atoms with van der Waals surface area (Å²) in [6.45, 7) is 9.71. The summed E-state index contributed by atoms with van der Waals surface area (Å²) in [7, 11) is 2.00. The molecule has 1 rings (SSSR count). The molecule has 1 aromatic carbocycles. The molecule has 100 valence electrons. The average Bonchev–Trinajstić information content (AvgIpc) is 2.26. The van der Waals surface area contributed by atoms with Gasteiger partial charge >= 0.3 is 0 Å². The predicted octanol–water partition coefficient (Wildman–Crippen LogP) is 3.18. The van der Waals surface area contributed by atoms with E-state index in [4.69, 9.17) is 0 Å². The van der Waals surface area contributed by atoms with Crippen LogP contribution in [-0.4, -0.2) is 30.8 Å². The van der Waals surface area contributed by atoms with Crippen LogP contribution >= 0.6 is 0 Å². The molecule has 0 bridgehead atoms. The number of carbonyl (C=O) groups is 1. The topological polar surface area (TPSA) is 20.3 Å². The van der Waals surface area contributed by atoms with E-state index in [1.807, 2.05) is 7.05 Å². The molecule has 0 saturated heterocycles. The Balaban J connectivity index is 2.66. The number of rotatable bonds is 6. The standard InChI is InChI=1S/C16H25NO/c1-12(2)15-7-6-13(3)16(10-15)8-9-17(5)11-14(4)18/h6-7,10,12H,8-9,11H2,1-5H3. The van der Waals surface area contributed by atoms with Gasteiger partial charge in [0.05, 0.1) is 6.54 Å². The highest BCUT2D eigenvalue weighted by molar-refractivity contribution is 5.77. The lowest BCUT2D eigenvalue weighted by molar-refractivity contribution is -0.117. The van der Waals surface area contributed by atoms with Crippen molar-refractivity contribution in [3.05, 3.63) is 34.9 Å². The quantitative estimate of drug-likeness (QED) is 0.769. The molecule has 0 N–H and O–H groups in total. The maximum Gasteiger partial charge on any atom is 0.143 e. The molecule has 18 heavy (non-hydrogen) atoms. The molecule has 0 spiro atoms. The second-order valence-electron chi connectivity index (χ2n) is 5.53. The third-order valence-electron chi connectivity index (χ3n) is 3.30. The van der Waals surface area contributed by atoms with E-state index < -0.39 is 0 Å². The van der Waals surface area contributed by atoms with E-state index in [9.17, 15) is 4.79 Å². The Hall–Kier alpha value is -1.15. The van der Waals surface area contributed by atoms with Crippen molar-refractivity contribution in [3.63, 3.8) is 0 Å². The maximum absolute atomic E-state index is 11.0. The SMILES string of the molecule is CC(=O)CN(C)CCc1cc(C(C)C)ccc1C.